The molecule has 1 atom stereocenters. The minimum absolute atomic E-state index is 0.0757. The molecule has 0 amide bonds. The summed E-state index contributed by atoms with van der Waals surface area (Å²) in [6.45, 7) is 4.11. The molecule has 4 rings (SSSR count). The number of nitrogens with two attached hydrogens (primary N) is 1. The Morgan fingerprint density at radius 3 is 2.93 bits per heavy atom. The number of anilines is 1. The summed E-state index contributed by atoms with van der Waals surface area (Å²) >= 11 is 1.27. The number of aromatic amines is 1. The number of pyridine rings is 2. The lowest BCUT2D eigenvalue weighted by Gasteiger charge is -2.25. The minimum Gasteiger partial charge on any atom is -0.438 e. The Balaban J connectivity index is 2.05. The number of rotatable bonds is 4. The molecular weight excluding hydrogens is 388 g/mol. The maximum Gasteiger partial charge on any atom is 0.256 e. The summed E-state index contributed by atoms with van der Waals surface area (Å²) in [5.41, 5.74) is 7.31. The fourth-order valence-corrected chi connectivity index (χ4v) is 4.44. The molecule has 0 aromatic carbocycles. The molecule has 1 aliphatic rings. The number of fused-ring (bicyclic) bond motifs is 3. The number of H-pyrrole nitrogens is 1. The van der Waals surface area contributed by atoms with E-state index in [1.165, 1.54) is 11.3 Å². The number of ether oxygens (including phenoxy) is 1. The van der Waals surface area contributed by atoms with Crippen LogP contribution in [0.2, 0.25) is 0 Å². The zero-order valence-corrected chi connectivity index (χ0v) is 15.8. The fraction of sp³-hybridized carbons (Fsp3) is 0.100. The lowest BCUT2D eigenvalue weighted by atomic mass is 9.85. The second-order valence-corrected chi connectivity index (χ2v) is 7.22. The molecule has 4 N–H and O–H groups in total. The van der Waals surface area contributed by atoms with Gasteiger partial charge in [-0.25, -0.2) is 0 Å². The van der Waals surface area contributed by atoms with Crippen molar-refractivity contribution < 1.29 is 4.74 Å². The van der Waals surface area contributed by atoms with E-state index >= 15 is 0 Å². The van der Waals surface area contributed by atoms with Crippen LogP contribution < -0.4 is 21.3 Å². The van der Waals surface area contributed by atoms with Gasteiger partial charge in [-0.1, -0.05) is 12.1 Å². The van der Waals surface area contributed by atoms with E-state index in [1.807, 2.05) is 0 Å². The quantitative estimate of drug-likeness (QED) is 0.570. The highest BCUT2D eigenvalue weighted by Crippen LogP contribution is 2.47. The highest BCUT2D eigenvalue weighted by Gasteiger charge is 2.36. The van der Waals surface area contributed by atoms with Gasteiger partial charge in [0.2, 0.25) is 5.88 Å². The number of allylic oxidation sites excluding steroid dienone is 1. The zero-order chi connectivity index (χ0) is 20.5. The molecule has 4 heterocycles. The van der Waals surface area contributed by atoms with Crippen LogP contribution in [-0.4, -0.2) is 16.5 Å². The molecule has 3 aromatic heterocycles. The standard InChI is InChI=1S/C20H14N6O2S/c1-2-5-25-20-12(8-22)15-17(29-20)16-14(19(27)26-15)13(10-4-3-6-24-9-10)11(7-21)18(23)28-16/h2-4,6,9,13,25H,1,5,23H2,(H,26,27). The van der Waals surface area contributed by atoms with Crippen LogP contribution >= 0.6 is 11.3 Å². The van der Waals surface area contributed by atoms with Crippen molar-refractivity contribution in [3.63, 3.8) is 0 Å². The van der Waals surface area contributed by atoms with E-state index in [4.69, 9.17) is 10.5 Å². The SMILES string of the molecule is C=CCNc1sc2c3c(c(=O)[nH]c2c1C#N)C(c1cccnc1)C(C#N)=C(N)O3. The van der Waals surface area contributed by atoms with Gasteiger partial charge in [0.15, 0.2) is 5.75 Å². The van der Waals surface area contributed by atoms with Gasteiger partial charge in [0.05, 0.1) is 21.7 Å². The van der Waals surface area contributed by atoms with Crippen LogP contribution in [0.1, 0.15) is 22.6 Å². The van der Waals surface area contributed by atoms with E-state index in [9.17, 15) is 15.3 Å². The van der Waals surface area contributed by atoms with Crippen molar-refractivity contribution in [2.75, 3.05) is 11.9 Å². The van der Waals surface area contributed by atoms with Crippen molar-refractivity contribution in [3.05, 3.63) is 75.7 Å². The van der Waals surface area contributed by atoms with E-state index in [2.05, 4.69) is 34.0 Å². The third kappa shape index (κ3) is 2.81. The number of nitrogens with one attached hydrogen (secondary N) is 2. The molecule has 0 saturated heterocycles. The molecule has 0 saturated carbocycles. The Morgan fingerprint density at radius 2 is 2.28 bits per heavy atom. The second-order valence-electron chi connectivity index (χ2n) is 6.20. The van der Waals surface area contributed by atoms with Crippen LogP contribution in [0.15, 0.2) is 53.4 Å². The summed E-state index contributed by atoms with van der Waals surface area (Å²) in [6, 6.07) is 7.66. The average molecular weight is 402 g/mol. The molecule has 0 spiro atoms. The van der Waals surface area contributed by atoms with E-state index in [0.717, 1.165) is 0 Å². The van der Waals surface area contributed by atoms with Gasteiger partial charge in [0.25, 0.3) is 5.56 Å². The topological polar surface area (TPSA) is 141 Å². The third-order valence-corrected chi connectivity index (χ3v) is 5.70. The number of hydrogen-bond acceptors (Lipinski definition) is 8. The molecule has 29 heavy (non-hydrogen) atoms. The van der Waals surface area contributed by atoms with E-state index in [0.29, 0.717) is 32.9 Å². The monoisotopic (exact) mass is 402 g/mol. The number of hydrogen-bond donors (Lipinski definition) is 3. The summed E-state index contributed by atoms with van der Waals surface area (Å²) in [5.74, 6) is -0.543. The Labute approximate surface area is 169 Å². The smallest absolute Gasteiger partial charge is 0.256 e. The minimum atomic E-state index is -0.720. The lowest BCUT2D eigenvalue weighted by Crippen LogP contribution is -2.27. The number of aromatic nitrogens is 2. The predicted octanol–water partition coefficient (Wildman–Crippen LogP) is 2.67. The van der Waals surface area contributed by atoms with Gasteiger partial charge in [-0.15, -0.1) is 17.9 Å². The van der Waals surface area contributed by atoms with Gasteiger partial charge >= 0.3 is 0 Å². The van der Waals surface area contributed by atoms with E-state index in [-0.39, 0.29) is 22.8 Å². The summed E-state index contributed by atoms with van der Waals surface area (Å²) in [7, 11) is 0. The summed E-state index contributed by atoms with van der Waals surface area (Å²) < 4.78 is 6.31. The highest BCUT2D eigenvalue weighted by molar-refractivity contribution is 7.23. The van der Waals surface area contributed by atoms with Crippen molar-refractivity contribution in [1.82, 2.24) is 9.97 Å². The number of nitrogens with zero attached hydrogens (tertiary/aromatic N) is 3. The third-order valence-electron chi connectivity index (χ3n) is 4.55. The molecule has 1 aliphatic heterocycles. The fourth-order valence-electron chi connectivity index (χ4n) is 3.33. The van der Waals surface area contributed by atoms with Gasteiger partial charge in [0, 0.05) is 18.9 Å². The largest absolute Gasteiger partial charge is 0.438 e. The van der Waals surface area contributed by atoms with E-state index < -0.39 is 11.5 Å². The predicted molar refractivity (Wildman–Crippen MR) is 109 cm³/mol. The molecule has 1 unspecified atom stereocenters. The Bertz CT molecular complexity index is 1310. The molecule has 0 fully saturated rings. The van der Waals surface area contributed by atoms with Crippen molar-refractivity contribution >= 4 is 26.6 Å². The summed E-state index contributed by atoms with van der Waals surface area (Å²) in [5, 5.41) is 22.9. The van der Waals surface area contributed by atoms with Crippen LogP contribution in [0.4, 0.5) is 5.00 Å². The summed E-state index contributed by atoms with van der Waals surface area (Å²) in [4.78, 5) is 19.9. The Hall–Kier alpha value is -4.08. The highest BCUT2D eigenvalue weighted by atomic mass is 32.1. The van der Waals surface area contributed by atoms with Crippen molar-refractivity contribution in [2.24, 2.45) is 5.73 Å². The van der Waals surface area contributed by atoms with Crippen molar-refractivity contribution in [2.45, 2.75) is 5.92 Å². The normalized spacial score (nSPS) is 15.2. The first kappa shape index (κ1) is 18.3. The first-order valence-electron chi connectivity index (χ1n) is 8.55. The van der Waals surface area contributed by atoms with Gasteiger partial charge in [-0.3, -0.25) is 9.78 Å². The number of thiophene rings is 1. The Morgan fingerprint density at radius 1 is 1.45 bits per heavy atom. The second kappa shape index (κ2) is 7.15. The first-order chi connectivity index (χ1) is 14.1. The van der Waals surface area contributed by atoms with Gasteiger partial charge in [-0.2, -0.15) is 10.5 Å². The first-order valence-corrected chi connectivity index (χ1v) is 9.37. The van der Waals surface area contributed by atoms with Crippen LogP contribution in [-0.2, 0) is 0 Å². The maximum atomic E-state index is 13.1. The van der Waals surface area contributed by atoms with Gasteiger partial charge < -0.3 is 20.8 Å². The van der Waals surface area contributed by atoms with Crippen molar-refractivity contribution in [1.29, 1.82) is 10.5 Å². The number of nitriles is 2. The molecule has 0 radical (unpaired) electrons. The van der Waals surface area contributed by atoms with Crippen LogP contribution in [0, 0.1) is 22.7 Å². The maximum absolute atomic E-state index is 13.1. The summed E-state index contributed by atoms with van der Waals surface area (Å²) in [6.07, 6.45) is 4.85. The van der Waals surface area contributed by atoms with Gasteiger partial charge in [0.1, 0.15) is 28.3 Å². The molecular formula is C20H14N6O2S. The molecule has 3 aromatic rings. The molecule has 0 bridgehead atoms. The lowest BCUT2D eigenvalue weighted by molar-refractivity contribution is 0.397. The molecule has 0 aliphatic carbocycles. The van der Waals surface area contributed by atoms with Crippen molar-refractivity contribution in [3.8, 4) is 17.9 Å². The van der Waals surface area contributed by atoms with Gasteiger partial charge in [-0.05, 0) is 11.6 Å². The molecule has 9 heteroatoms. The van der Waals surface area contributed by atoms with E-state index in [1.54, 1.807) is 30.6 Å². The Kier molecular flexibility index (Phi) is 4.51. The van der Waals surface area contributed by atoms with Crippen LogP contribution in [0.25, 0.3) is 10.2 Å². The zero-order valence-electron chi connectivity index (χ0n) is 15.0. The van der Waals surface area contributed by atoms with Crippen LogP contribution in [0.3, 0.4) is 0 Å². The molecule has 8 nitrogen and oxygen atoms in total. The average Bonchev–Trinajstić information content (AvgIpc) is 3.09. The molecule has 142 valence electrons. The van der Waals surface area contributed by atoms with Crippen LogP contribution in [0.5, 0.6) is 5.75 Å².